The summed E-state index contributed by atoms with van der Waals surface area (Å²) in [5, 5.41) is 0. The number of alkyl halides is 3. The molecule has 1 aliphatic heterocycles. The summed E-state index contributed by atoms with van der Waals surface area (Å²) in [5.74, 6) is -1.03. The van der Waals surface area contributed by atoms with E-state index in [0.717, 1.165) is 16.0 Å². The number of nitrogens with two attached hydrogens (primary N) is 1. The van der Waals surface area contributed by atoms with Crippen LogP contribution < -0.4 is 15.4 Å². The van der Waals surface area contributed by atoms with Crippen LogP contribution in [0.4, 0.5) is 28.9 Å². The molecule has 3 aromatic rings. The zero-order valence-electron chi connectivity index (χ0n) is 22.4. The minimum atomic E-state index is -4.86. The maximum atomic E-state index is 15.5. The van der Waals surface area contributed by atoms with Gasteiger partial charge < -0.3 is 20.3 Å². The van der Waals surface area contributed by atoms with Gasteiger partial charge in [-0.05, 0) is 86.1 Å². The molecule has 0 bridgehead atoms. The van der Waals surface area contributed by atoms with Gasteiger partial charge in [0, 0.05) is 18.7 Å². The number of anilines is 1. The summed E-state index contributed by atoms with van der Waals surface area (Å²) in [5.41, 5.74) is 5.86. The van der Waals surface area contributed by atoms with E-state index in [1.54, 1.807) is 18.2 Å². The number of amides is 1. The highest BCUT2D eigenvalue weighted by atomic mass is 19.4. The second-order valence-electron chi connectivity index (χ2n) is 9.71. The average molecular weight is 555 g/mol. The smallest absolute Gasteiger partial charge is 0.431 e. The van der Waals surface area contributed by atoms with E-state index in [9.17, 15) is 18.0 Å². The molecule has 1 saturated heterocycles. The van der Waals surface area contributed by atoms with Crippen molar-refractivity contribution >= 4 is 23.0 Å². The van der Waals surface area contributed by atoms with E-state index < -0.39 is 34.9 Å². The van der Waals surface area contributed by atoms with Gasteiger partial charge in [0.05, 0.1) is 18.5 Å². The topological polar surface area (TPSA) is 71.2 Å². The van der Waals surface area contributed by atoms with Crippen LogP contribution in [0.25, 0.3) is 11.1 Å². The molecule has 1 amide bonds. The van der Waals surface area contributed by atoms with Crippen molar-refractivity contribution < 1.29 is 27.1 Å². The number of hydrogen-bond donors (Lipinski definition) is 1. The van der Waals surface area contributed by atoms with Crippen LogP contribution in [0.2, 0.25) is 0 Å². The molecule has 1 heterocycles. The largest absolute Gasteiger partial charge is 0.497 e. The van der Waals surface area contributed by atoms with Gasteiger partial charge in [-0.2, -0.15) is 13.2 Å². The number of carbonyl (C=O) groups excluding carboxylic acids is 1. The van der Waals surface area contributed by atoms with E-state index in [4.69, 9.17) is 10.5 Å². The summed E-state index contributed by atoms with van der Waals surface area (Å²) in [6.45, 7) is 0.702. The number of nitrogens with zero attached hydrogens (tertiary/aromatic N) is 3. The lowest BCUT2D eigenvalue weighted by Crippen LogP contribution is -2.37. The summed E-state index contributed by atoms with van der Waals surface area (Å²) in [4.78, 5) is 21.1. The number of methoxy groups -OCH3 is 1. The van der Waals surface area contributed by atoms with Gasteiger partial charge in [-0.1, -0.05) is 24.3 Å². The van der Waals surface area contributed by atoms with Crippen LogP contribution in [0.3, 0.4) is 0 Å². The van der Waals surface area contributed by atoms with Crippen LogP contribution in [0.15, 0.2) is 83.0 Å². The average Bonchev–Trinajstić information content (AvgIpc) is 3.06. The van der Waals surface area contributed by atoms with Crippen molar-refractivity contribution in [3.63, 3.8) is 0 Å². The van der Waals surface area contributed by atoms with Crippen molar-refractivity contribution in [2.24, 2.45) is 10.7 Å². The molecule has 0 saturated carbocycles. The second kappa shape index (κ2) is 11.9. The third-order valence-corrected chi connectivity index (χ3v) is 6.48. The first-order chi connectivity index (χ1) is 19.0. The normalized spacial score (nSPS) is 16.9. The van der Waals surface area contributed by atoms with Gasteiger partial charge in [-0.15, -0.1) is 0 Å². The highest BCUT2D eigenvalue weighted by Crippen LogP contribution is 2.33. The van der Waals surface area contributed by atoms with E-state index in [-0.39, 0.29) is 30.8 Å². The highest BCUT2D eigenvalue weighted by Gasteiger charge is 2.39. The minimum Gasteiger partial charge on any atom is -0.497 e. The molecule has 6 nitrogen and oxygen atoms in total. The Morgan fingerprint density at radius 3 is 2.38 bits per heavy atom. The SMILES string of the molecule is COc1ccc(N=C2C(=O)N(c3ccc(-c4cccc(CN(C)C)c4)cc3F)CCCC2=C(N)C(F)(F)F)cc1. The number of hydrogen-bond acceptors (Lipinski definition) is 5. The van der Waals surface area contributed by atoms with Crippen molar-refractivity contribution in [2.45, 2.75) is 25.6 Å². The molecule has 10 heteroatoms. The van der Waals surface area contributed by atoms with Crippen LogP contribution in [-0.4, -0.2) is 50.4 Å². The highest BCUT2D eigenvalue weighted by molar-refractivity contribution is 6.50. The van der Waals surface area contributed by atoms with E-state index >= 15 is 4.39 Å². The summed E-state index contributed by atoms with van der Waals surface area (Å²) >= 11 is 0. The van der Waals surface area contributed by atoms with Gasteiger partial charge in [0.2, 0.25) is 0 Å². The number of allylic oxidation sites excluding steroid dienone is 1. The summed E-state index contributed by atoms with van der Waals surface area (Å²) in [6, 6.07) is 18.3. The van der Waals surface area contributed by atoms with Gasteiger partial charge in [-0.3, -0.25) is 4.79 Å². The maximum absolute atomic E-state index is 15.5. The van der Waals surface area contributed by atoms with Crippen LogP contribution in [0.5, 0.6) is 5.75 Å². The number of carbonyl (C=O) groups is 1. The third kappa shape index (κ3) is 6.51. The van der Waals surface area contributed by atoms with Gasteiger partial charge in [0.25, 0.3) is 5.91 Å². The Bertz CT molecular complexity index is 1450. The lowest BCUT2D eigenvalue weighted by atomic mass is 10.0. The van der Waals surface area contributed by atoms with Crippen LogP contribution in [0, 0.1) is 5.82 Å². The van der Waals surface area contributed by atoms with Gasteiger partial charge in [-0.25, -0.2) is 9.38 Å². The van der Waals surface area contributed by atoms with Gasteiger partial charge in [0.15, 0.2) is 0 Å². The van der Waals surface area contributed by atoms with Crippen LogP contribution >= 0.6 is 0 Å². The van der Waals surface area contributed by atoms with Crippen molar-refractivity contribution in [2.75, 3.05) is 32.6 Å². The Morgan fingerprint density at radius 2 is 1.75 bits per heavy atom. The monoisotopic (exact) mass is 554 g/mol. The Kier molecular flexibility index (Phi) is 8.58. The van der Waals surface area contributed by atoms with Crippen molar-refractivity contribution in [3.8, 4) is 16.9 Å². The fourth-order valence-electron chi connectivity index (χ4n) is 4.57. The number of aliphatic imine (C=N–C) groups is 1. The molecule has 3 aromatic carbocycles. The first-order valence-electron chi connectivity index (χ1n) is 12.6. The Hall–Kier alpha value is -4.18. The molecular weight excluding hydrogens is 524 g/mol. The first-order valence-corrected chi connectivity index (χ1v) is 12.6. The van der Waals surface area contributed by atoms with Crippen molar-refractivity contribution in [3.05, 3.63) is 89.4 Å². The van der Waals surface area contributed by atoms with E-state index in [0.29, 0.717) is 17.9 Å². The molecule has 2 N–H and O–H groups in total. The molecule has 40 heavy (non-hydrogen) atoms. The number of benzene rings is 3. The van der Waals surface area contributed by atoms with Crippen molar-refractivity contribution in [1.29, 1.82) is 0 Å². The molecule has 0 spiro atoms. The predicted octanol–water partition coefficient (Wildman–Crippen LogP) is 6.24. The third-order valence-electron chi connectivity index (χ3n) is 6.48. The lowest BCUT2D eigenvalue weighted by molar-refractivity contribution is -0.112. The van der Waals surface area contributed by atoms with E-state index in [1.165, 1.54) is 31.4 Å². The predicted molar refractivity (Wildman–Crippen MR) is 148 cm³/mol. The second-order valence-corrected chi connectivity index (χ2v) is 9.71. The zero-order valence-corrected chi connectivity index (χ0v) is 22.4. The molecule has 0 radical (unpaired) electrons. The standard InChI is InChI=1S/C30H30F4N4O2/c1-37(2)18-19-6-4-7-20(16-19)21-9-14-26(25(31)17-21)38-15-5-8-24(28(35)30(32,33)34)27(29(38)39)36-22-10-12-23(40-3)13-11-22/h4,6-7,9-14,16-17H,5,8,15,18,35H2,1-3H3. The van der Waals surface area contributed by atoms with Crippen LogP contribution in [-0.2, 0) is 11.3 Å². The quantitative estimate of drug-likeness (QED) is 0.367. The minimum absolute atomic E-state index is 0.0102. The molecule has 0 atom stereocenters. The molecule has 1 aliphatic rings. The number of halogens is 4. The summed E-state index contributed by atoms with van der Waals surface area (Å²) < 4.78 is 61.6. The number of ether oxygens (including phenoxy) is 1. The molecule has 210 valence electrons. The number of rotatable bonds is 6. The van der Waals surface area contributed by atoms with E-state index in [2.05, 4.69) is 4.99 Å². The molecule has 4 rings (SSSR count). The fraction of sp³-hybridized carbons (Fsp3) is 0.267. The van der Waals surface area contributed by atoms with Gasteiger partial charge in [0.1, 0.15) is 23.0 Å². The first kappa shape index (κ1) is 28.8. The molecule has 0 aliphatic carbocycles. The molecular formula is C30H30F4N4O2. The summed E-state index contributed by atoms with van der Waals surface area (Å²) in [6.07, 6.45) is -4.88. The van der Waals surface area contributed by atoms with E-state index in [1.807, 2.05) is 43.3 Å². The Morgan fingerprint density at radius 1 is 1.05 bits per heavy atom. The molecule has 1 fully saturated rings. The fourth-order valence-corrected chi connectivity index (χ4v) is 4.57. The Labute approximate surface area is 230 Å². The molecule has 0 aromatic heterocycles. The van der Waals surface area contributed by atoms with Crippen LogP contribution in [0.1, 0.15) is 18.4 Å². The van der Waals surface area contributed by atoms with Gasteiger partial charge >= 0.3 is 6.18 Å². The lowest BCUT2D eigenvalue weighted by Gasteiger charge is -2.22. The zero-order chi connectivity index (χ0) is 29.0. The van der Waals surface area contributed by atoms with Crippen molar-refractivity contribution in [1.82, 2.24) is 4.90 Å². The Balaban J connectivity index is 1.75. The molecule has 0 unspecified atom stereocenters. The summed E-state index contributed by atoms with van der Waals surface area (Å²) in [7, 11) is 5.38. The maximum Gasteiger partial charge on any atom is 0.431 e.